The van der Waals surface area contributed by atoms with Crippen molar-refractivity contribution in [1.82, 2.24) is 14.7 Å². The number of fused-ring (bicyclic) bond motifs is 2. The largest absolute Gasteiger partial charge is 0.344 e. The molecule has 3 aliphatic rings. The number of thioether (sulfide) groups is 1. The van der Waals surface area contributed by atoms with Gasteiger partial charge in [-0.2, -0.15) is 0 Å². The lowest BCUT2D eigenvalue weighted by molar-refractivity contribution is -0.130. The molecule has 1 aromatic carbocycles. The van der Waals surface area contributed by atoms with Crippen LogP contribution < -0.4 is 0 Å². The second kappa shape index (κ2) is 7.45. The summed E-state index contributed by atoms with van der Waals surface area (Å²) >= 11 is 1.65. The van der Waals surface area contributed by atoms with Gasteiger partial charge in [-0.15, -0.1) is 0 Å². The quantitative estimate of drug-likeness (QED) is 0.817. The zero-order valence-corrected chi connectivity index (χ0v) is 16.3. The summed E-state index contributed by atoms with van der Waals surface area (Å²) < 4.78 is 0. The van der Waals surface area contributed by atoms with E-state index >= 15 is 0 Å². The van der Waals surface area contributed by atoms with Gasteiger partial charge in [0.05, 0.1) is 6.42 Å². The Kier molecular flexibility index (Phi) is 5.05. The van der Waals surface area contributed by atoms with Gasteiger partial charge in [0.25, 0.3) is 0 Å². The number of likely N-dealkylation sites (N-methyl/N-ethyl adjacent to an activating group) is 2. The van der Waals surface area contributed by atoms with Crippen LogP contribution >= 0.6 is 11.8 Å². The molecule has 0 saturated carbocycles. The highest BCUT2D eigenvalue weighted by Crippen LogP contribution is 2.31. The minimum atomic E-state index is 0.191. The third-order valence-electron chi connectivity index (χ3n) is 5.52. The van der Waals surface area contributed by atoms with Crippen molar-refractivity contribution in [1.29, 1.82) is 0 Å². The number of carbonyl (C=O) groups is 1. The first kappa shape index (κ1) is 17.6. The van der Waals surface area contributed by atoms with Gasteiger partial charge in [0.2, 0.25) is 5.91 Å². The Morgan fingerprint density at radius 1 is 1.35 bits per heavy atom. The number of aliphatic imine (C=N–C) groups is 1. The fourth-order valence-electron chi connectivity index (χ4n) is 3.90. The van der Waals surface area contributed by atoms with E-state index in [4.69, 9.17) is 0 Å². The first-order chi connectivity index (χ1) is 12.6. The van der Waals surface area contributed by atoms with Gasteiger partial charge >= 0.3 is 0 Å². The second-order valence-corrected chi connectivity index (χ2v) is 8.23. The maximum absolute atomic E-state index is 12.8. The normalized spacial score (nSPS) is 22.4. The van der Waals surface area contributed by atoms with Gasteiger partial charge in [-0.1, -0.05) is 36.0 Å². The van der Waals surface area contributed by atoms with E-state index in [1.807, 2.05) is 11.9 Å². The summed E-state index contributed by atoms with van der Waals surface area (Å²) in [5, 5.41) is 3.16. The van der Waals surface area contributed by atoms with Crippen LogP contribution in [0.15, 0.2) is 40.4 Å². The molecule has 0 saturated heterocycles. The minimum Gasteiger partial charge on any atom is -0.344 e. The smallest absolute Gasteiger partial charge is 0.228 e. The van der Waals surface area contributed by atoms with Crippen LogP contribution in [0.3, 0.4) is 0 Å². The van der Waals surface area contributed by atoms with Gasteiger partial charge in [-0.25, -0.2) is 0 Å². The summed E-state index contributed by atoms with van der Waals surface area (Å²) in [6.07, 6.45) is 2.54. The van der Waals surface area contributed by atoms with Crippen LogP contribution in [-0.4, -0.2) is 65.5 Å². The highest BCUT2D eigenvalue weighted by Gasteiger charge is 2.29. The molecular weight excluding hydrogens is 344 g/mol. The lowest BCUT2D eigenvalue weighted by Gasteiger charge is -2.36. The topological polar surface area (TPSA) is 39.1 Å². The summed E-state index contributed by atoms with van der Waals surface area (Å²) in [4.78, 5) is 23.8. The van der Waals surface area contributed by atoms with Crippen molar-refractivity contribution < 1.29 is 4.79 Å². The molecule has 4 rings (SSSR count). The van der Waals surface area contributed by atoms with Crippen molar-refractivity contribution in [3.05, 3.63) is 46.5 Å². The van der Waals surface area contributed by atoms with E-state index in [1.54, 1.807) is 11.8 Å². The number of nitrogens with zero attached hydrogens (tertiary/aromatic N) is 4. The molecule has 26 heavy (non-hydrogen) atoms. The van der Waals surface area contributed by atoms with Crippen molar-refractivity contribution in [3.63, 3.8) is 0 Å². The fraction of sp³-hybridized carbons (Fsp3) is 0.500. The van der Waals surface area contributed by atoms with Crippen molar-refractivity contribution in [3.8, 4) is 0 Å². The van der Waals surface area contributed by atoms with Crippen LogP contribution in [-0.2, 0) is 17.8 Å². The predicted octanol–water partition coefficient (Wildman–Crippen LogP) is 2.54. The summed E-state index contributed by atoms with van der Waals surface area (Å²) in [6, 6.07) is 9.01. The van der Waals surface area contributed by atoms with E-state index in [9.17, 15) is 4.79 Å². The van der Waals surface area contributed by atoms with Crippen LogP contribution in [0.4, 0.5) is 0 Å². The number of benzene rings is 1. The van der Waals surface area contributed by atoms with Crippen molar-refractivity contribution in [2.24, 2.45) is 4.99 Å². The highest BCUT2D eigenvalue weighted by molar-refractivity contribution is 8.16. The van der Waals surface area contributed by atoms with Crippen molar-refractivity contribution >= 4 is 22.8 Å². The molecule has 1 aromatic rings. The molecule has 6 heteroatoms. The van der Waals surface area contributed by atoms with E-state index in [0.717, 1.165) is 49.9 Å². The number of hydrogen-bond acceptors (Lipinski definition) is 5. The molecule has 0 aliphatic carbocycles. The van der Waals surface area contributed by atoms with E-state index in [2.05, 4.69) is 51.5 Å². The first-order valence-electron chi connectivity index (χ1n) is 9.30. The summed E-state index contributed by atoms with van der Waals surface area (Å²) in [7, 11) is 4.09. The molecule has 0 fully saturated rings. The van der Waals surface area contributed by atoms with Crippen LogP contribution in [0.2, 0.25) is 0 Å². The Balaban J connectivity index is 1.36. The second-order valence-electron chi connectivity index (χ2n) is 7.39. The highest BCUT2D eigenvalue weighted by atomic mass is 32.2. The molecule has 3 heterocycles. The Hall–Kier alpha value is -1.79. The lowest BCUT2D eigenvalue weighted by atomic mass is 9.94. The van der Waals surface area contributed by atoms with Gasteiger partial charge < -0.3 is 9.80 Å². The zero-order valence-electron chi connectivity index (χ0n) is 15.5. The van der Waals surface area contributed by atoms with Crippen molar-refractivity contribution in [2.45, 2.75) is 31.8 Å². The first-order valence-corrected chi connectivity index (χ1v) is 10.2. The van der Waals surface area contributed by atoms with E-state index in [1.165, 1.54) is 11.1 Å². The van der Waals surface area contributed by atoms with E-state index in [0.29, 0.717) is 12.5 Å². The molecule has 0 spiro atoms. The molecule has 0 bridgehead atoms. The molecule has 0 radical (unpaired) electrons. The summed E-state index contributed by atoms with van der Waals surface area (Å²) in [6.45, 7) is 3.61. The average molecular weight is 371 g/mol. The Bertz CT molecular complexity index is 760. The molecule has 138 valence electrons. The number of amides is 1. The molecule has 0 aromatic heterocycles. The predicted molar refractivity (Wildman–Crippen MR) is 107 cm³/mol. The molecule has 1 amide bonds. The summed E-state index contributed by atoms with van der Waals surface area (Å²) in [5.41, 5.74) is 3.93. The Morgan fingerprint density at radius 2 is 2.15 bits per heavy atom. The minimum absolute atomic E-state index is 0.191. The van der Waals surface area contributed by atoms with Gasteiger partial charge in [0.1, 0.15) is 0 Å². The number of rotatable bonds is 4. The van der Waals surface area contributed by atoms with Gasteiger partial charge in [-0.05, 0) is 36.4 Å². The molecule has 5 nitrogen and oxygen atoms in total. The van der Waals surface area contributed by atoms with Crippen LogP contribution in [0.25, 0.3) is 0 Å². The van der Waals surface area contributed by atoms with Crippen LogP contribution in [0.5, 0.6) is 0 Å². The number of carbonyl (C=O) groups excluding carboxylic acids is 1. The van der Waals surface area contributed by atoms with E-state index in [-0.39, 0.29) is 5.91 Å². The zero-order chi connectivity index (χ0) is 18.1. The van der Waals surface area contributed by atoms with Gasteiger partial charge in [-0.3, -0.25) is 14.7 Å². The molecule has 0 unspecified atom stereocenters. The number of hydrogen-bond donors (Lipinski definition) is 0. The maximum atomic E-state index is 12.8. The Labute approximate surface area is 159 Å². The molecule has 3 aliphatic heterocycles. The van der Waals surface area contributed by atoms with Crippen molar-refractivity contribution in [2.75, 3.05) is 33.7 Å². The maximum Gasteiger partial charge on any atom is 0.228 e. The summed E-state index contributed by atoms with van der Waals surface area (Å²) in [5.74, 6) is 0.191. The SMILES string of the molecule is CN(C[C@H]1Cc2ccccc2CN1C)C(=O)CC1=CSC2=NCCCN12. The third kappa shape index (κ3) is 3.53. The van der Waals surface area contributed by atoms with Crippen LogP contribution in [0.1, 0.15) is 24.0 Å². The Morgan fingerprint density at radius 3 is 3.00 bits per heavy atom. The van der Waals surface area contributed by atoms with Gasteiger partial charge in [0.15, 0.2) is 5.17 Å². The fourth-order valence-corrected chi connectivity index (χ4v) is 4.86. The van der Waals surface area contributed by atoms with Crippen LogP contribution in [0, 0.1) is 0 Å². The molecular formula is C20H26N4OS. The lowest BCUT2D eigenvalue weighted by Crippen LogP contribution is -2.46. The van der Waals surface area contributed by atoms with E-state index < -0.39 is 0 Å². The molecule has 1 atom stereocenters. The average Bonchev–Trinajstić information content (AvgIpc) is 3.05. The van der Waals surface area contributed by atoms with Gasteiger partial charge in [0, 0.05) is 45.0 Å². The molecule has 0 N–H and O–H groups in total. The monoisotopic (exact) mass is 370 g/mol. The third-order valence-corrected chi connectivity index (χ3v) is 6.47. The number of amidine groups is 1. The standard InChI is InChI=1S/C20H26N4OS/c1-22-12-16-7-4-3-6-15(16)10-17(22)13-23(2)19(25)11-18-14-26-20-21-8-5-9-24(18)20/h3-4,6-7,14,17H,5,8-13H2,1-2H3/t17-/m1/s1.